The van der Waals surface area contributed by atoms with Crippen molar-refractivity contribution in [3.05, 3.63) is 59.4 Å². The Kier molecular flexibility index (Phi) is 6.43. The molecule has 2 heterocycles. The van der Waals surface area contributed by atoms with Crippen molar-refractivity contribution >= 4 is 16.9 Å². The maximum absolute atomic E-state index is 15.5. The molecule has 2 aliphatic heterocycles. The number of alkyl halides is 2. The van der Waals surface area contributed by atoms with E-state index in [2.05, 4.69) is 4.72 Å². The van der Waals surface area contributed by atoms with Crippen LogP contribution in [0.4, 0.5) is 22.0 Å². The Morgan fingerprint density at radius 1 is 1.06 bits per heavy atom. The van der Waals surface area contributed by atoms with E-state index in [0.29, 0.717) is 25.9 Å². The second kappa shape index (κ2) is 9.25. The van der Waals surface area contributed by atoms with Crippen LogP contribution in [-0.4, -0.2) is 57.5 Å². The molecule has 5 nitrogen and oxygen atoms in total. The number of rotatable bonds is 7. The molecule has 1 N–H and O–H groups in total. The van der Waals surface area contributed by atoms with Gasteiger partial charge in [-0.3, -0.25) is 4.79 Å². The number of benzene rings is 2. The molecule has 2 aromatic carbocycles. The number of hydrogen-bond donors (Lipinski definition) is 1. The fourth-order valence-corrected chi connectivity index (χ4v) is 5.88. The van der Waals surface area contributed by atoms with Crippen LogP contribution in [0.25, 0.3) is 11.1 Å². The van der Waals surface area contributed by atoms with Gasteiger partial charge in [-0.2, -0.15) is 0 Å². The molecule has 0 bridgehead atoms. The largest absolute Gasteiger partial charge is 0.368 e. The summed E-state index contributed by atoms with van der Waals surface area (Å²) in [4.78, 5) is 13.9. The minimum absolute atomic E-state index is 0.0507. The minimum atomic E-state index is -3.42. The van der Waals surface area contributed by atoms with E-state index in [-0.39, 0.29) is 28.4 Å². The van der Waals surface area contributed by atoms with Gasteiger partial charge in [0, 0.05) is 22.8 Å². The zero-order valence-electron chi connectivity index (χ0n) is 18.5. The second-order valence-electron chi connectivity index (χ2n) is 9.12. The molecule has 2 unspecified atom stereocenters. The average Bonchev–Trinajstić information content (AvgIpc) is 3.59. The normalized spacial score (nSPS) is 26.4. The standard InChI is InChI=1S/C24H23F5N2O3S/c25-17-6-2-5-16(21(17)27)15-4-1-3-13(20(15)26)11-18-22(30-35(33)14-7-8-14)24(28,29)12-31(18)23(32)19-9-10-34-19/h1-6,14,18-19,22,30H,7-12H2/t18-,19?,22+,35?/m0/s1. The summed E-state index contributed by atoms with van der Waals surface area (Å²) in [6.45, 7) is -0.579. The van der Waals surface area contributed by atoms with Crippen molar-refractivity contribution < 1.29 is 35.7 Å². The lowest BCUT2D eigenvalue weighted by Gasteiger charge is -2.34. The number of nitrogens with one attached hydrogen (secondary N) is 1. The van der Waals surface area contributed by atoms with Crippen molar-refractivity contribution in [1.29, 1.82) is 0 Å². The summed E-state index contributed by atoms with van der Waals surface area (Å²) >= 11 is 0. The molecule has 0 aromatic heterocycles. The van der Waals surface area contributed by atoms with Gasteiger partial charge in [0.25, 0.3) is 11.8 Å². The number of halogens is 5. The van der Waals surface area contributed by atoms with E-state index in [1.165, 1.54) is 30.3 Å². The van der Waals surface area contributed by atoms with Gasteiger partial charge in [0.1, 0.15) is 18.0 Å². The van der Waals surface area contributed by atoms with Crippen molar-refractivity contribution in [1.82, 2.24) is 9.62 Å². The van der Waals surface area contributed by atoms with Crippen LogP contribution in [0.1, 0.15) is 24.8 Å². The Bertz CT molecular complexity index is 1170. The van der Waals surface area contributed by atoms with E-state index >= 15 is 13.2 Å². The number of nitrogens with zero attached hydrogens (tertiary/aromatic N) is 1. The molecular formula is C24H23F5N2O3S. The van der Waals surface area contributed by atoms with E-state index < -0.39 is 65.0 Å². The Hall–Kier alpha value is -2.37. The van der Waals surface area contributed by atoms with E-state index in [4.69, 9.17) is 4.74 Å². The summed E-state index contributed by atoms with van der Waals surface area (Å²) in [5, 5.41) is -0.234. The first-order valence-electron chi connectivity index (χ1n) is 11.4. The van der Waals surface area contributed by atoms with Crippen molar-refractivity contribution in [2.45, 2.75) is 55.0 Å². The molecule has 35 heavy (non-hydrogen) atoms. The van der Waals surface area contributed by atoms with Crippen LogP contribution >= 0.6 is 0 Å². The van der Waals surface area contributed by atoms with Gasteiger partial charge in [-0.15, -0.1) is 0 Å². The van der Waals surface area contributed by atoms with Gasteiger partial charge in [0.2, 0.25) is 0 Å². The lowest BCUT2D eigenvalue weighted by molar-refractivity contribution is -0.158. The monoisotopic (exact) mass is 514 g/mol. The van der Waals surface area contributed by atoms with Gasteiger partial charge >= 0.3 is 0 Å². The van der Waals surface area contributed by atoms with E-state index in [0.717, 1.165) is 11.0 Å². The van der Waals surface area contributed by atoms with Crippen LogP contribution < -0.4 is 4.72 Å². The highest BCUT2D eigenvalue weighted by atomic mass is 32.2. The summed E-state index contributed by atoms with van der Waals surface area (Å²) < 4.78 is 94.0. The maximum Gasteiger partial charge on any atom is 0.283 e. The zero-order chi connectivity index (χ0) is 24.9. The predicted octanol–water partition coefficient (Wildman–Crippen LogP) is 3.73. The van der Waals surface area contributed by atoms with Crippen molar-refractivity contribution in [2.75, 3.05) is 13.2 Å². The number of amides is 1. The van der Waals surface area contributed by atoms with Crippen LogP contribution in [0, 0.1) is 17.5 Å². The first-order valence-corrected chi connectivity index (χ1v) is 12.6. The molecule has 0 spiro atoms. The van der Waals surface area contributed by atoms with Crippen LogP contribution in [0.5, 0.6) is 0 Å². The molecular weight excluding hydrogens is 491 g/mol. The Morgan fingerprint density at radius 2 is 1.71 bits per heavy atom. The highest BCUT2D eigenvalue weighted by Crippen LogP contribution is 2.38. The maximum atomic E-state index is 15.5. The first-order chi connectivity index (χ1) is 16.7. The summed E-state index contributed by atoms with van der Waals surface area (Å²) in [7, 11) is -1.73. The molecule has 1 aliphatic carbocycles. The van der Waals surface area contributed by atoms with Crippen molar-refractivity contribution in [2.24, 2.45) is 0 Å². The van der Waals surface area contributed by atoms with Gasteiger partial charge in [-0.25, -0.2) is 30.9 Å². The summed E-state index contributed by atoms with van der Waals surface area (Å²) in [6, 6.07) is 4.49. The molecule has 5 rings (SSSR count). The molecule has 4 atom stereocenters. The van der Waals surface area contributed by atoms with E-state index in [1.807, 2.05) is 0 Å². The third-order valence-electron chi connectivity index (χ3n) is 6.70. The molecule has 2 saturated heterocycles. The summed E-state index contributed by atoms with van der Waals surface area (Å²) in [5.74, 6) is -7.32. The molecule has 3 aliphatic rings. The molecule has 11 heteroatoms. The molecule has 2 aromatic rings. The smallest absolute Gasteiger partial charge is 0.283 e. The minimum Gasteiger partial charge on any atom is -0.368 e. The fraction of sp³-hybridized carbons (Fsp3) is 0.458. The number of carbonyl (C=O) groups is 1. The van der Waals surface area contributed by atoms with Gasteiger partial charge in [-0.1, -0.05) is 30.3 Å². The summed E-state index contributed by atoms with van der Waals surface area (Å²) in [6.07, 6.45) is 0.499. The number of likely N-dealkylation sites (tertiary alicyclic amines) is 1. The molecule has 0 radical (unpaired) electrons. The number of ether oxygens (including phenoxy) is 1. The third kappa shape index (κ3) is 4.61. The first kappa shape index (κ1) is 24.3. The van der Waals surface area contributed by atoms with Gasteiger partial charge in [0.15, 0.2) is 11.6 Å². The Balaban J connectivity index is 1.50. The zero-order valence-corrected chi connectivity index (χ0v) is 19.3. The van der Waals surface area contributed by atoms with Gasteiger partial charge in [0.05, 0.1) is 30.2 Å². The Labute approximate surface area is 201 Å². The van der Waals surface area contributed by atoms with Crippen molar-refractivity contribution in [3.63, 3.8) is 0 Å². The second-order valence-corrected chi connectivity index (χ2v) is 10.6. The highest BCUT2D eigenvalue weighted by molar-refractivity contribution is 7.84. The van der Waals surface area contributed by atoms with Crippen molar-refractivity contribution in [3.8, 4) is 11.1 Å². The van der Waals surface area contributed by atoms with Crippen LogP contribution in [-0.2, 0) is 26.9 Å². The SMILES string of the molecule is O=C(C1CCO1)N1CC(F)(F)[C@H](NS(=O)C2CC2)[C@@H]1Cc1cccc(-c2cccc(F)c2F)c1F. The summed E-state index contributed by atoms with van der Waals surface area (Å²) in [5.41, 5.74) is -0.581. The van der Waals surface area contributed by atoms with Crippen LogP contribution in [0.15, 0.2) is 36.4 Å². The van der Waals surface area contributed by atoms with Gasteiger partial charge < -0.3 is 9.64 Å². The fourth-order valence-electron chi connectivity index (χ4n) is 4.54. The molecule has 1 amide bonds. The van der Waals surface area contributed by atoms with Crippen LogP contribution in [0.3, 0.4) is 0 Å². The Morgan fingerprint density at radius 3 is 2.34 bits per heavy atom. The third-order valence-corrected chi connectivity index (χ3v) is 8.26. The van der Waals surface area contributed by atoms with Gasteiger partial charge in [-0.05, 0) is 30.9 Å². The van der Waals surface area contributed by atoms with E-state index in [9.17, 15) is 17.8 Å². The van der Waals surface area contributed by atoms with E-state index in [1.54, 1.807) is 0 Å². The predicted molar refractivity (Wildman–Crippen MR) is 118 cm³/mol. The molecule has 3 fully saturated rings. The van der Waals surface area contributed by atoms with Crippen LogP contribution in [0.2, 0.25) is 0 Å². The number of carbonyl (C=O) groups excluding carboxylic acids is 1. The molecule has 188 valence electrons. The number of hydrogen-bond acceptors (Lipinski definition) is 3. The average molecular weight is 515 g/mol. The lowest BCUT2D eigenvalue weighted by atomic mass is 9.95. The lowest BCUT2D eigenvalue weighted by Crippen LogP contribution is -2.53. The quantitative estimate of drug-likeness (QED) is 0.573. The highest BCUT2D eigenvalue weighted by Gasteiger charge is 2.58. The molecule has 1 saturated carbocycles. The topological polar surface area (TPSA) is 58.6 Å².